The minimum Gasteiger partial charge on any atom is -0.392 e. The molecule has 1 aromatic carbocycles. The molecule has 3 N–H and O–H groups in total. The van der Waals surface area contributed by atoms with Crippen LogP contribution in [0, 0.1) is 0 Å². The SMILES string of the molecule is CCC(O)CNCc1ccccc1NC(C)=O. The Morgan fingerprint density at radius 2 is 2.12 bits per heavy atom. The summed E-state index contributed by atoms with van der Waals surface area (Å²) in [6.07, 6.45) is 0.420. The lowest BCUT2D eigenvalue weighted by Crippen LogP contribution is -2.26. The van der Waals surface area contributed by atoms with Crippen molar-refractivity contribution in [3.05, 3.63) is 29.8 Å². The summed E-state index contributed by atoms with van der Waals surface area (Å²) < 4.78 is 0. The van der Waals surface area contributed by atoms with E-state index in [1.165, 1.54) is 6.92 Å². The van der Waals surface area contributed by atoms with Crippen molar-refractivity contribution in [1.82, 2.24) is 5.32 Å². The first-order valence-corrected chi connectivity index (χ1v) is 5.87. The smallest absolute Gasteiger partial charge is 0.221 e. The highest BCUT2D eigenvalue weighted by molar-refractivity contribution is 5.89. The molecule has 0 aliphatic heterocycles. The van der Waals surface area contributed by atoms with Gasteiger partial charge in [-0.15, -0.1) is 0 Å². The second-order valence-corrected chi connectivity index (χ2v) is 4.03. The third-order valence-electron chi connectivity index (χ3n) is 2.49. The number of carbonyl (C=O) groups excluding carboxylic acids is 1. The zero-order valence-electron chi connectivity index (χ0n) is 10.4. The zero-order valence-corrected chi connectivity index (χ0v) is 10.4. The fourth-order valence-electron chi connectivity index (χ4n) is 1.50. The van der Waals surface area contributed by atoms with Gasteiger partial charge in [-0.3, -0.25) is 4.79 Å². The van der Waals surface area contributed by atoms with Gasteiger partial charge in [-0.05, 0) is 18.1 Å². The zero-order chi connectivity index (χ0) is 12.7. The van der Waals surface area contributed by atoms with Gasteiger partial charge in [-0.2, -0.15) is 0 Å². The first-order valence-electron chi connectivity index (χ1n) is 5.87. The molecule has 0 aromatic heterocycles. The fourth-order valence-corrected chi connectivity index (χ4v) is 1.50. The van der Waals surface area contributed by atoms with E-state index in [4.69, 9.17) is 0 Å². The van der Waals surface area contributed by atoms with Gasteiger partial charge in [0, 0.05) is 25.7 Å². The molecule has 0 heterocycles. The van der Waals surface area contributed by atoms with Crippen molar-refractivity contribution in [1.29, 1.82) is 0 Å². The average molecular weight is 236 g/mol. The molecule has 0 aliphatic rings. The van der Waals surface area contributed by atoms with Gasteiger partial charge in [0.25, 0.3) is 0 Å². The molecule has 17 heavy (non-hydrogen) atoms. The van der Waals surface area contributed by atoms with E-state index >= 15 is 0 Å². The van der Waals surface area contributed by atoms with Crippen LogP contribution in [0.25, 0.3) is 0 Å². The normalized spacial score (nSPS) is 12.2. The number of benzene rings is 1. The van der Waals surface area contributed by atoms with Crippen LogP contribution < -0.4 is 10.6 Å². The first kappa shape index (κ1) is 13.7. The third-order valence-corrected chi connectivity index (χ3v) is 2.49. The van der Waals surface area contributed by atoms with Crippen LogP contribution in [0.5, 0.6) is 0 Å². The van der Waals surface area contributed by atoms with Gasteiger partial charge in [-0.25, -0.2) is 0 Å². The van der Waals surface area contributed by atoms with Gasteiger partial charge < -0.3 is 15.7 Å². The van der Waals surface area contributed by atoms with E-state index in [2.05, 4.69) is 10.6 Å². The molecular formula is C13H20N2O2. The summed E-state index contributed by atoms with van der Waals surface area (Å²) in [6.45, 7) is 4.63. The molecule has 0 bridgehead atoms. The number of amides is 1. The third kappa shape index (κ3) is 4.97. The van der Waals surface area contributed by atoms with Crippen molar-refractivity contribution < 1.29 is 9.90 Å². The van der Waals surface area contributed by atoms with Gasteiger partial charge in [0.2, 0.25) is 5.91 Å². The Morgan fingerprint density at radius 1 is 1.41 bits per heavy atom. The topological polar surface area (TPSA) is 61.4 Å². The molecule has 1 rings (SSSR count). The Kier molecular flexibility index (Phi) is 5.66. The van der Waals surface area contributed by atoms with E-state index in [9.17, 15) is 9.90 Å². The number of anilines is 1. The van der Waals surface area contributed by atoms with Crippen LogP contribution in [-0.2, 0) is 11.3 Å². The lowest BCUT2D eigenvalue weighted by molar-refractivity contribution is -0.114. The molecule has 94 valence electrons. The molecule has 0 saturated carbocycles. The quantitative estimate of drug-likeness (QED) is 0.701. The van der Waals surface area contributed by atoms with E-state index in [-0.39, 0.29) is 12.0 Å². The van der Waals surface area contributed by atoms with Gasteiger partial charge in [0.1, 0.15) is 0 Å². The van der Waals surface area contributed by atoms with Gasteiger partial charge >= 0.3 is 0 Å². The van der Waals surface area contributed by atoms with Crippen molar-refractivity contribution in [3.63, 3.8) is 0 Å². The van der Waals surface area contributed by atoms with E-state index in [0.29, 0.717) is 13.1 Å². The minimum atomic E-state index is -0.317. The molecule has 0 saturated heterocycles. The number of hydrogen-bond acceptors (Lipinski definition) is 3. The highest BCUT2D eigenvalue weighted by atomic mass is 16.3. The summed E-state index contributed by atoms with van der Waals surface area (Å²) in [4.78, 5) is 11.0. The predicted octanol–water partition coefficient (Wildman–Crippen LogP) is 1.51. The van der Waals surface area contributed by atoms with Crippen LogP contribution in [-0.4, -0.2) is 23.7 Å². The predicted molar refractivity (Wildman–Crippen MR) is 68.8 cm³/mol. The van der Waals surface area contributed by atoms with Crippen LogP contribution in [0.2, 0.25) is 0 Å². The molecule has 0 spiro atoms. The largest absolute Gasteiger partial charge is 0.392 e. The van der Waals surface area contributed by atoms with Crippen LogP contribution in [0.4, 0.5) is 5.69 Å². The number of carbonyl (C=O) groups is 1. The molecule has 1 atom stereocenters. The number of para-hydroxylation sites is 1. The van der Waals surface area contributed by atoms with Crippen molar-refractivity contribution in [3.8, 4) is 0 Å². The Labute approximate surface area is 102 Å². The maximum absolute atomic E-state index is 11.0. The molecule has 0 aliphatic carbocycles. The number of nitrogens with one attached hydrogen (secondary N) is 2. The second-order valence-electron chi connectivity index (χ2n) is 4.03. The number of rotatable bonds is 6. The van der Waals surface area contributed by atoms with E-state index in [1.807, 2.05) is 31.2 Å². The van der Waals surface area contributed by atoms with E-state index < -0.39 is 0 Å². The summed E-state index contributed by atoms with van der Waals surface area (Å²) in [5.74, 6) is -0.0777. The summed E-state index contributed by atoms with van der Waals surface area (Å²) in [7, 11) is 0. The number of aliphatic hydroxyl groups excluding tert-OH is 1. The summed E-state index contributed by atoms with van der Waals surface area (Å²) in [6, 6.07) is 7.64. The van der Waals surface area contributed by atoms with E-state index in [1.54, 1.807) is 0 Å². The molecule has 1 amide bonds. The number of hydrogen-bond donors (Lipinski definition) is 3. The van der Waals surface area contributed by atoms with Crippen LogP contribution >= 0.6 is 0 Å². The molecular weight excluding hydrogens is 216 g/mol. The maximum atomic E-state index is 11.0. The Bertz CT molecular complexity index is 366. The average Bonchev–Trinajstić information content (AvgIpc) is 2.30. The number of aliphatic hydroxyl groups is 1. The monoisotopic (exact) mass is 236 g/mol. The summed E-state index contributed by atoms with van der Waals surface area (Å²) in [5, 5.41) is 15.4. The molecule has 4 nitrogen and oxygen atoms in total. The molecule has 1 aromatic rings. The Balaban J connectivity index is 2.54. The summed E-state index contributed by atoms with van der Waals surface area (Å²) in [5.41, 5.74) is 1.84. The van der Waals surface area contributed by atoms with Crippen molar-refractivity contribution >= 4 is 11.6 Å². The Hall–Kier alpha value is -1.39. The minimum absolute atomic E-state index is 0.0777. The van der Waals surface area contributed by atoms with E-state index in [0.717, 1.165) is 17.7 Å². The molecule has 0 radical (unpaired) electrons. The molecule has 0 fully saturated rings. The Morgan fingerprint density at radius 3 is 2.76 bits per heavy atom. The summed E-state index contributed by atoms with van der Waals surface area (Å²) >= 11 is 0. The van der Waals surface area contributed by atoms with Crippen LogP contribution in [0.1, 0.15) is 25.8 Å². The fraction of sp³-hybridized carbons (Fsp3) is 0.462. The van der Waals surface area contributed by atoms with Gasteiger partial charge in [-0.1, -0.05) is 25.1 Å². The second kappa shape index (κ2) is 7.04. The van der Waals surface area contributed by atoms with Gasteiger partial charge in [0.05, 0.1) is 6.10 Å². The van der Waals surface area contributed by atoms with Crippen molar-refractivity contribution in [2.45, 2.75) is 32.9 Å². The lowest BCUT2D eigenvalue weighted by atomic mass is 10.1. The molecule has 4 heteroatoms. The lowest BCUT2D eigenvalue weighted by Gasteiger charge is -2.12. The molecule has 1 unspecified atom stereocenters. The van der Waals surface area contributed by atoms with Crippen molar-refractivity contribution in [2.75, 3.05) is 11.9 Å². The highest BCUT2D eigenvalue weighted by Crippen LogP contribution is 2.14. The standard InChI is InChI=1S/C13H20N2O2/c1-3-12(17)9-14-8-11-6-4-5-7-13(11)15-10(2)16/h4-7,12,14,17H,3,8-9H2,1-2H3,(H,15,16). The van der Waals surface area contributed by atoms with Crippen LogP contribution in [0.3, 0.4) is 0 Å². The van der Waals surface area contributed by atoms with Gasteiger partial charge in [0.15, 0.2) is 0 Å². The maximum Gasteiger partial charge on any atom is 0.221 e. The van der Waals surface area contributed by atoms with Crippen LogP contribution in [0.15, 0.2) is 24.3 Å². The highest BCUT2D eigenvalue weighted by Gasteiger charge is 2.04. The van der Waals surface area contributed by atoms with Crippen molar-refractivity contribution in [2.24, 2.45) is 0 Å². The first-order chi connectivity index (χ1) is 8.13.